The van der Waals surface area contributed by atoms with Gasteiger partial charge in [-0.3, -0.25) is 9.59 Å². The zero-order chi connectivity index (χ0) is 9.97. The molecule has 0 aliphatic carbocycles. The van der Waals surface area contributed by atoms with Crippen LogP contribution in [0, 0.1) is 0 Å². The first-order valence-electron chi connectivity index (χ1n) is 4.02. The number of aldehydes is 2. The molecule has 1 aromatic carbocycles. The van der Waals surface area contributed by atoms with Gasteiger partial charge in [0.2, 0.25) is 0 Å². The zero-order valence-corrected chi connectivity index (χ0v) is 7.18. The molecule has 0 saturated carbocycles. The summed E-state index contributed by atoms with van der Waals surface area (Å²) in [7, 11) is 0. The minimum absolute atomic E-state index is 0.0821. The standard InChI is InChI=1S/C10H6N2O2/c13-5-9-10(6-14)12-8-4-2-1-3-7(8)11-9/h1-6H. The van der Waals surface area contributed by atoms with E-state index in [2.05, 4.69) is 9.97 Å². The predicted octanol–water partition coefficient (Wildman–Crippen LogP) is 1.25. The molecule has 1 aromatic heterocycles. The second kappa shape index (κ2) is 3.33. The number of carbonyl (C=O) groups is 2. The molecule has 0 amide bonds. The third-order valence-electron chi connectivity index (χ3n) is 1.85. The Morgan fingerprint density at radius 2 is 1.29 bits per heavy atom. The molecule has 0 atom stereocenters. The van der Waals surface area contributed by atoms with Crippen molar-refractivity contribution < 1.29 is 9.59 Å². The quantitative estimate of drug-likeness (QED) is 0.662. The van der Waals surface area contributed by atoms with Crippen LogP contribution in [-0.4, -0.2) is 22.5 Å². The summed E-state index contributed by atoms with van der Waals surface area (Å²) in [4.78, 5) is 29.1. The van der Waals surface area contributed by atoms with Gasteiger partial charge in [-0.2, -0.15) is 0 Å². The van der Waals surface area contributed by atoms with Gasteiger partial charge >= 0.3 is 0 Å². The zero-order valence-electron chi connectivity index (χ0n) is 7.18. The SMILES string of the molecule is O=Cc1nc2ccccc2nc1C=O. The van der Waals surface area contributed by atoms with Crippen molar-refractivity contribution in [1.29, 1.82) is 0 Å². The fraction of sp³-hybridized carbons (Fsp3) is 0. The Labute approximate surface area is 79.6 Å². The van der Waals surface area contributed by atoms with Crippen LogP contribution in [0.25, 0.3) is 11.0 Å². The molecule has 2 rings (SSSR count). The lowest BCUT2D eigenvalue weighted by atomic mass is 10.2. The first kappa shape index (κ1) is 8.50. The molecule has 2 aromatic rings. The molecular weight excluding hydrogens is 180 g/mol. The Balaban J connectivity index is 2.81. The summed E-state index contributed by atoms with van der Waals surface area (Å²) in [5.41, 5.74) is 1.39. The van der Waals surface area contributed by atoms with Gasteiger partial charge in [-0.25, -0.2) is 9.97 Å². The van der Waals surface area contributed by atoms with Gasteiger partial charge in [-0.1, -0.05) is 12.1 Å². The van der Waals surface area contributed by atoms with E-state index in [1.165, 1.54) is 0 Å². The van der Waals surface area contributed by atoms with E-state index in [1.54, 1.807) is 24.3 Å². The third kappa shape index (κ3) is 1.26. The Bertz CT molecular complexity index is 462. The molecule has 0 spiro atoms. The fourth-order valence-electron chi connectivity index (χ4n) is 1.20. The van der Waals surface area contributed by atoms with Crippen LogP contribution in [0.2, 0.25) is 0 Å². The summed E-state index contributed by atoms with van der Waals surface area (Å²) in [5, 5.41) is 0. The lowest BCUT2D eigenvalue weighted by molar-refractivity contribution is 0.108. The van der Waals surface area contributed by atoms with Gasteiger partial charge in [-0.05, 0) is 12.1 Å². The highest BCUT2D eigenvalue weighted by molar-refractivity contribution is 5.90. The summed E-state index contributed by atoms with van der Waals surface area (Å²) in [6.45, 7) is 0. The van der Waals surface area contributed by atoms with Crippen LogP contribution < -0.4 is 0 Å². The Morgan fingerprint density at radius 1 is 0.857 bits per heavy atom. The number of para-hydroxylation sites is 2. The molecule has 4 nitrogen and oxygen atoms in total. The van der Waals surface area contributed by atoms with Crippen molar-refractivity contribution in [2.75, 3.05) is 0 Å². The number of fused-ring (bicyclic) bond motifs is 1. The molecule has 4 heteroatoms. The van der Waals surface area contributed by atoms with Crippen LogP contribution in [0.15, 0.2) is 24.3 Å². The van der Waals surface area contributed by atoms with Crippen LogP contribution >= 0.6 is 0 Å². The largest absolute Gasteiger partial charge is 0.296 e. The van der Waals surface area contributed by atoms with E-state index >= 15 is 0 Å². The fourth-order valence-corrected chi connectivity index (χ4v) is 1.20. The van der Waals surface area contributed by atoms with Crippen LogP contribution in [0.1, 0.15) is 21.0 Å². The lowest BCUT2D eigenvalue weighted by Crippen LogP contribution is -1.99. The van der Waals surface area contributed by atoms with E-state index in [0.29, 0.717) is 23.6 Å². The van der Waals surface area contributed by atoms with Gasteiger partial charge in [0.05, 0.1) is 11.0 Å². The first-order valence-corrected chi connectivity index (χ1v) is 4.02. The van der Waals surface area contributed by atoms with Gasteiger partial charge in [0, 0.05) is 0 Å². The Hall–Kier alpha value is -2.10. The van der Waals surface area contributed by atoms with Crippen molar-refractivity contribution in [3.05, 3.63) is 35.7 Å². The molecule has 0 radical (unpaired) electrons. The molecule has 1 heterocycles. The van der Waals surface area contributed by atoms with Crippen molar-refractivity contribution in [3.8, 4) is 0 Å². The van der Waals surface area contributed by atoms with Gasteiger partial charge in [0.25, 0.3) is 0 Å². The van der Waals surface area contributed by atoms with Gasteiger partial charge in [0.15, 0.2) is 12.6 Å². The average molecular weight is 186 g/mol. The molecule has 0 aliphatic rings. The van der Waals surface area contributed by atoms with Crippen LogP contribution in [0.4, 0.5) is 0 Å². The molecule has 0 aliphatic heterocycles. The number of hydrogen-bond acceptors (Lipinski definition) is 4. The number of carbonyl (C=O) groups excluding carboxylic acids is 2. The van der Waals surface area contributed by atoms with E-state index in [-0.39, 0.29) is 11.4 Å². The van der Waals surface area contributed by atoms with Crippen molar-refractivity contribution >= 4 is 23.6 Å². The van der Waals surface area contributed by atoms with Gasteiger partial charge in [-0.15, -0.1) is 0 Å². The van der Waals surface area contributed by atoms with Crippen LogP contribution in [0.5, 0.6) is 0 Å². The summed E-state index contributed by atoms with van der Waals surface area (Å²) in [6, 6.07) is 7.08. The van der Waals surface area contributed by atoms with E-state index in [9.17, 15) is 9.59 Å². The number of aromatic nitrogens is 2. The van der Waals surface area contributed by atoms with E-state index in [4.69, 9.17) is 0 Å². The molecule has 0 fully saturated rings. The molecule has 0 N–H and O–H groups in total. The topological polar surface area (TPSA) is 59.9 Å². The second-order valence-electron chi connectivity index (χ2n) is 2.72. The lowest BCUT2D eigenvalue weighted by Gasteiger charge is -1.98. The van der Waals surface area contributed by atoms with E-state index < -0.39 is 0 Å². The summed E-state index contributed by atoms with van der Waals surface area (Å²) in [6.07, 6.45) is 1.06. The highest BCUT2D eigenvalue weighted by Gasteiger charge is 2.05. The number of benzene rings is 1. The van der Waals surface area contributed by atoms with E-state index in [1.807, 2.05) is 0 Å². The van der Waals surface area contributed by atoms with Crippen molar-refractivity contribution in [2.24, 2.45) is 0 Å². The monoisotopic (exact) mass is 186 g/mol. The molecule has 0 unspecified atom stereocenters. The minimum atomic E-state index is 0.0821. The maximum atomic E-state index is 10.6. The van der Waals surface area contributed by atoms with Crippen molar-refractivity contribution in [2.45, 2.75) is 0 Å². The summed E-state index contributed by atoms with van der Waals surface area (Å²) in [5.74, 6) is 0. The maximum absolute atomic E-state index is 10.6. The summed E-state index contributed by atoms with van der Waals surface area (Å²) >= 11 is 0. The smallest absolute Gasteiger partial charge is 0.170 e. The third-order valence-corrected chi connectivity index (χ3v) is 1.85. The highest BCUT2D eigenvalue weighted by Crippen LogP contribution is 2.10. The normalized spacial score (nSPS) is 10.0. The average Bonchev–Trinajstić information content (AvgIpc) is 2.27. The second-order valence-corrected chi connectivity index (χ2v) is 2.72. The Kier molecular flexibility index (Phi) is 2.02. The number of rotatable bonds is 2. The number of nitrogens with zero attached hydrogens (tertiary/aromatic N) is 2. The van der Waals surface area contributed by atoms with Gasteiger partial charge < -0.3 is 0 Å². The molecule has 0 saturated heterocycles. The van der Waals surface area contributed by atoms with E-state index in [0.717, 1.165) is 0 Å². The molecule has 68 valence electrons. The van der Waals surface area contributed by atoms with Crippen molar-refractivity contribution in [3.63, 3.8) is 0 Å². The molecule has 0 bridgehead atoms. The molecular formula is C10H6N2O2. The predicted molar refractivity (Wildman–Crippen MR) is 50.3 cm³/mol. The minimum Gasteiger partial charge on any atom is -0.296 e. The number of hydrogen-bond donors (Lipinski definition) is 0. The van der Waals surface area contributed by atoms with Crippen LogP contribution in [-0.2, 0) is 0 Å². The first-order chi connectivity index (χ1) is 6.85. The summed E-state index contributed by atoms with van der Waals surface area (Å²) < 4.78 is 0. The Morgan fingerprint density at radius 3 is 1.64 bits per heavy atom. The molecule has 14 heavy (non-hydrogen) atoms. The van der Waals surface area contributed by atoms with Gasteiger partial charge in [0.1, 0.15) is 11.4 Å². The van der Waals surface area contributed by atoms with Crippen LogP contribution in [0.3, 0.4) is 0 Å². The maximum Gasteiger partial charge on any atom is 0.170 e. The van der Waals surface area contributed by atoms with Crippen molar-refractivity contribution in [1.82, 2.24) is 9.97 Å². The highest BCUT2D eigenvalue weighted by atomic mass is 16.1.